The molecule has 0 aromatic heterocycles. The van der Waals surface area contributed by atoms with E-state index in [2.05, 4.69) is 15.6 Å². The molecule has 0 radical (unpaired) electrons. The van der Waals surface area contributed by atoms with Crippen molar-refractivity contribution in [1.82, 2.24) is 10.6 Å². The Balaban J connectivity index is 0.00000338. The molecule has 1 atom stereocenters. The van der Waals surface area contributed by atoms with Crippen molar-refractivity contribution < 1.29 is 23.0 Å². The molecule has 3 N–H and O–H groups in total. The zero-order chi connectivity index (χ0) is 18.3. The minimum absolute atomic E-state index is 0. The molecule has 1 saturated carbocycles. The molecule has 5 nitrogen and oxygen atoms in total. The van der Waals surface area contributed by atoms with Crippen LogP contribution in [0.3, 0.4) is 0 Å². The summed E-state index contributed by atoms with van der Waals surface area (Å²) in [6.45, 7) is 3.46. The average molecular weight is 487 g/mol. The lowest BCUT2D eigenvalue weighted by atomic mass is 10.2. The van der Waals surface area contributed by atoms with Gasteiger partial charge in [-0.05, 0) is 43.9 Å². The fraction of sp³-hybridized carbons (Fsp3) is 0.588. The number of aliphatic hydroxyl groups is 1. The molecule has 0 heterocycles. The maximum Gasteiger partial charge on any atom is 0.416 e. The van der Waals surface area contributed by atoms with Crippen molar-refractivity contribution in [3.63, 3.8) is 0 Å². The lowest BCUT2D eigenvalue weighted by molar-refractivity contribution is -0.137. The van der Waals surface area contributed by atoms with Crippen LogP contribution >= 0.6 is 24.0 Å². The molecule has 148 valence electrons. The summed E-state index contributed by atoms with van der Waals surface area (Å²) >= 11 is 0. The van der Waals surface area contributed by atoms with Gasteiger partial charge in [0.15, 0.2) is 5.96 Å². The number of hydrogen-bond acceptors (Lipinski definition) is 3. The van der Waals surface area contributed by atoms with Crippen LogP contribution in [0.25, 0.3) is 0 Å². The second kappa shape index (κ2) is 10.8. The van der Waals surface area contributed by atoms with Gasteiger partial charge in [0, 0.05) is 13.1 Å². The fourth-order valence-electron chi connectivity index (χ4n) is 2.11. The molecule has 1 unspecified atom stereocenters. The van der Waals surface area contributed by atoms with Gasteiger partial charge in [-0.25, -0.2) is 0 Å². The minimum atomic E-state index is -4.42. The molecule has 0 aliphatic heterocycles. The van der Waals surface area contributed by atoms with E-state index in [1.807, 2.05) is 6.92 Å². The second-order valence-electron chi connectivity index (χ2n) is 6.03. The Morgan fingerprint density at radius 2 is 2.08 bits per heavy atom. The summed E-state index contributed by atoms with van der Waals surface area (Å²) < 4.78 is 43.2. The van der Waals surface area contributed by atoms with Crippen LogP contribution < -0.4 is 15.4 Å². The Bertz CT molecular complexity index is 581. The summed E-state index contributed by atoms with van der Waals surface area (Å²) in [5.74, 6) is 1.38. The highest BCUT2D eigenvalue weighted by molar-refractivity contribution is 14.0. The first-order valence-corrected chi connectivity index (χ1v) is 8.38. The molecule has 1 aromatic carbocycles. The highest BCUT2D eigenvalue weighted by Crippen LogP contribution is 2.31. The number of ether oxygens (including phenoxy) is 1. The Morgan fingerprint density at radius 1 is 1.35 bits per heavy atom. The quantitative estimate of drug-likeness (QED) is 0.300. The van der Waals surface area contributed by atoms with Crippen molar-refractivity contribution >= 4 is 29.9 Å². The number of aliphatic hydroxyl groups excluding tert-OH is 1. The number of nitrogens with zero attached hydrogens (tertiary/aromatic N) is 1. The second-order valence-corrected chi connectivity index (χ2v) is 6.03. The highest BCUT2D eigenvalue weighted by atomic mass is 127. The average Bonchev–Trinajstić information content (AvgIpc) is 3.39. The monoisotopic (exact) mass is 487 g/mol. The number of benzene rings is 1. The maximum absolute atomic E-state index is 12.6. The zero-order valence-corrected chi connectivity index (χ0v) is 16.9. The molecule has 9 heteroatoms. The molecule has 2 rings (SSSR count). The van der Waals surface area contributed by atoms with E-state index in [1.165, 1.54) is 25.0 Å². The van der Waals surface area contributed by atoms with Gasteiger partial charge in [0.05, 0.1) is 12.1 Å². The van der Waals surface area contributed by atoms with Gasteiger partial charge < -0.3 is 20.5 Å². The summed E-state index contributed by atoms with van der Waals surface area (Å²) in [6, 6.07) is 4.58. The van der Waals surface area contributed by atoms with E-state index in [0.717, 1.165) is 18.7 Å². The largest absolute Gasteiger partial charge is 0.491 e. The number of nitrogens with one attached hydrogen (secondary N) is 2. The van der Waals surface area contributed by atoms with Gasteiger partial charge in [0.2, 0.25) is 0 Å². The van der Waals surface area contributed by atoms with Crippen molar-refractivity contribution in [2.24, 2.45) is 10.9 Å². The van der Waals surface area contributed by atoms with E-state index in [0.29, 0.717) is 18.4 Å². The molecule has 1 aromatic rings. The summed E-state index contributed by atoms with van der Waals surface area (Å²) in [6.07, 6.45) is -2.89. The van der Waals surface area contributed by atoms with Crippen molar-refractivity contribution in [3.8, 4) is 5.75 Å². The molecule has 0 saturated heterocycles. The Kier molecular flexibility index (Phi) is 9.48. The van der Waals surface area contributed by atoms with E-state index in [-0.39, 0.29) is 42.9 Å². The summed E-state index contributed by atoms with van der Waals surface area (Å²) in [4.78, 5) is 4.27. The highest BCUT2D eigenvalue weighted by Gasteiger charge is 2.30. The van der Waals surface area contributed by atoms with Crippen molar-refractivity contribution in [2.75, 3.05) is 26.2 Å². The zero-order valence-electron chi connectivity index (χ0n) is 14.6. The van der Waals surface area contributed by atoms with Gasteiger partial charge >= 0.3 is 6.18 Å². The predicted octanol–water partition coefficient (Wildman–Crippen LogP) is 3.03. The topological polar surface area (TPSA) is 65.9 Å². The molecule has 1 fully saturated rings. The van der Waals surface area contributed by atoms with Gasteiger partial charge in [-0.3, -0.25) is 4.99 Å². The number of rotatable bonds is 8. The lowest BCUT2D eigenvalue weighted by Gasteiger charge is -2.14. The normalized spacial score (nSPS) is 15.8. The molecule has 26 heavy (non-hydrogen) atoms. The molecule has 1 aliphatic carbocycles. The predicted molar refractivity (Wildman–Crippen MR) is 105 cm³/mol. The Labute approximate surface area is 168 Å². The first kappa shape index (κ1) is 22.8. The van der Waals surface area contributed by atoms with E-state index in [9.17, 15) is 18.3 Å². The van der Waals surface area contributed by atoms with Crippen molar-refractivity contribution in [1.29, 1.82) is 0 Å². The number of aliphatic imine (C=N–C) groups is 1. The third kappa shape index (κ3) is 8.43. The van der Waals surface area contributed by atoms with Gasteiger partial charge in [0.25, 0.3) is 0 Å². The molecular weight excluding hydrogens is 462 g/mol. The summed E-state index contributed by atoms with van der Waals surface area (Å²) in [5.41, 5.74) is -0.781. The first-order chi connectivity index (χ1) is 11.9. The molecule has 1 aliphatic rings. The molecule has 0 bridgehead atoms. The van der Waals surface area contributed by atoms with E-state index < -0.39 is 17.8 Å². The minimum Gasteiger partial charge on any atom is -0.491 e. The van der Waals surface area contributed by atoms with Crippen LogP contribution in [0.5, 0.6) is 5.75 Å². The van der Waals surface area contributed by atoms with Crippen LogP contribution in [0, 0.1) is 5.92 Å². The number of halogens is 4. The number of alkyl halides is 3. The third-order valence-corrected chi connectivity index (χ3v) is 3.66. The summed E-state index contributed by atoms with van der Waals surface area (Å²) in [5, 5.41) is 16.2. The number of guanidine groups is 1. The third-order valence-electron chi connectivity index (χ3n) is 3.66. The van der Waals surface area contributed by atoms with Crippen molar-refractivity contribution in [3.05, 3.63) is 29.8 Å². The fourth-order valence-corrected chi connectivity index (χ4v) is 2.11. The SMILES string of the molecule is CCNC(=NCC(O)COc1cccc(C(F)(F)F)c1)NCC1CC1.I. The van der Waals surface area contributed by atoms with Crippen LogP contribution in [-0.2, 0) is 6.18 Å². The molecule has 0 amide bonds. The van der Waals surface area contributed by atoms with E-state index in [1.54, 1.807) is 0 Å². The Hall–Kier alpha value is -1.23. The Morgan fingerprint density at radius 3 is 2.69 bits per heavy atom. The van der Waals surface area contributed by atoms with E-state index >= 15 is 0 Å². The van der Waals surface area contributed by atoms with Crippen LogP contribution in [0.4, 0.5) is 13.2 Å². The van der Waals surface area contributed by atoms with Crippen LogP contribution in [-0.4, -0.2) is 43.4 Å². The van der Waals surface area contributed by atoms with E-state index in [4.69, 9.17) is 4.74 Å². The van der Waals surface area contributed by atoms with Gasteiger partial charge in [-0.15, -0.1) is 24.0 Å². The summed E-state index contributed by atoms with van der Waals surface area (Å²) in [7, 11) is 0. The van der Waals surface area contributed by atoms with Crippen LogP contribution in [0.1, 0.15) is 25.3 Å². The number of hydrogen-bond donors (Lipinski definition) is 3. The van der Waals surface area contributed by atoms with Crippen molar-refractivity contribution in [2.45, 2.75) is 32.0 Å². The molecular formula is C17H25F3IN3O2. The standard InChI is InChI=1S/C17H24F3N3O2.HI/c1-2-21-16(22-9-12-6-7-12)23-10-14(24)11-25-15-5-3-4-13(8-15)17(18,19)20;/h3-5,8,12,14,24H,2,6-7,9-11H2,1H3,(H2,21,22,23);1H. The van der Waals surface area contributed by atoms with Gasteiger partial charge in [-0.1, -0.05) is 6.07 Å². The maximum atomic E-state index is 12.6. The lowest BCUT2D eigenvalue weighted by Crippen LogP contribution is -2.39. The van der Waals surface area contributed by atoms with Crippen LogP contribution in [0.15, 0.2) is 29.3 Å². The molecule has 0 spiro atoms. The first-order valence-electron chi connectivity index (χ1n) is 8.38. The van der Waals surface area contributed by atoms with Gasteiger partial charge in [0.1, 0.15) is 18.5 Å². The van der Waals surface area contributed by atoms with Crippen LogP contribution in [0.2, 0.25) is 0 Å². The van der Waals surface area contributed by atoms with Gasteiger partial charge in [-0.2, -0.15) is 13.2 Å². The smallest absolute Gasteiger partial charge is 0.416 e.